The van der Waals surface area contributed by atoms with Gasteiger partial charge in [-0.2, -0.15) is 0 Å². The first-order chi connectivity index (χ1) is 32.0. The molecule has 65 heavy (non-hydrogen) atoms. The minimum absolute atomic E-state index is 0.497. The number of benzene rings is 2. The average molecular weight is 950 g/mol. The van der Waals surface area contributed by atoms with E-state index in [2.05, 4.69) is 125 Å². The zero-order valence-corrected chi connectivity index (χ0v) is 45.2. The van der Waals surface area contributed by atoms with Gasteiger partial charge in [0.25, 0.3) is 0 Å². The molecule has 0 amide bonds. The first kappa shape index (κ1) is 53.3. The summed E-state index contributed by atoms with van der Waals surface area (Å²) in [5, 5.41) is 14.8. The Morgan fingerprint density at radius 1 is 0.446 bits per heavy atom. The smallest absolute Gasteiger partial charge is 0.0518 e. The molecule has 7 rings (SSSR count). The minimum atomic E-state index is 0.497. The summed E-state index contributed by atoms with van der Waals surface area (Å²) in [6, 6.07) is 9.32. The van der Waals surface area contributed by atoms with Crippen molar-refractivity contribution in [3.05, 3.63) is 68.0 Å². The van der Waals surface area contributed by atoms with Crippen LogP contribution < -0.4 is 0 Å². The molecule has 354 valence electrons. The van der Waals surface area contributed by atoms with E-state index in [0.29, 0.717) is 11.8 Å². The minimum Gasteiger partial charge on any atom is -0.381 e. The highest BCUT2D eigenvalue weighted by Crippen LogP contribution is 2.42. The molecule has 0 saturated carbocycles. The van der Waals surface area contributed by atoms with Crippen molar-refractivity contribution < 1.29 is 4.74 Å². The summed E-state index contributed by atoms with van der Waals surface area (Å²) in [4.78, 5) is 0. The Kier molecular flexibility index (Phi) is 24.6. The fourth-order valence-corrected chi connectivity index (χ4v) is 13.4. The molecule has 0 N–H and O–H groups in total. The van der Waals surface area contributed by atoms with Gasteiger partial charge in [-0.3, -0.25) is 0 Å². The fraction of sp³-hybridized carbons (Fsp3) is 0.600. The second-order valence-corrected chi connectivity index (χ2v) is 22.3. The number of thiophene rings is 4. The lowest BCUT2D eigenvalue weighted by molar-refractivity contribution is 0.198. The lowest BCUT2D eigenvalue weighted by Gasteiger charge is -2.18. The lowest BCUT2D eigenvalue weighted by atomic mass is 9.88. The molecule has 1 aliphatic rings. The van der Waals surface area contributed by atoms with Crippen LogP contribution in [0.3, 0.4) is 0 Å². The van der Waals surface area contributed by atoms with Crippen LogP contribution in [0, 0.1) is 47.4 Å². The van der Waals surface area contributed by atoms with Gasteiger partial charge in [0.15, 0.2) is 0 Å². The van der Waals surface area contributed by atoms with E-state index in [1.807, 2.05) is 45.3 Å². The van der Waals surface area contributed by atoms with Crippen LogP contribution in [0.15, 0.2) is 45.8 Å². The van der Waals surface area contributed by atoms with Crippen molar-refractivity contribution in [1.82, 2.24) is 0 Å². The van der Waals surface area contributed by atoms with Gasteiger partial charge in [-0.1, -0.05) is 156 Å². The van der Waals surface area contributed by atoms with Gasteiger partial charge < -0.3 is 4.74 Å². The number of unbranched alkanes of at least 4 members (excludes halogenated alkanes) is 4. The van der Waals surface area contributed by atoms with E-state index in [0.717, 1.165) is 37.9 Å². The molecule has 0 radical (unpaired) electrons. The largest absolute Gasteiger partial charge is 0.381 e. The van der Waals surface area contributed by atoms with Crippen LogP contribution in [-0.2, 0) is 17.6 Å². The Morgan fingerprint density at radius 3 is 1.15 bits per heavy atom. The Labute approximate surface area is 412 Å². The van der Waals surface area contributed by atoms with E-state index in [4.69, 9.17) is 4.74 Å². The molecule has 5 heterocycles. The Balaban J connectivity index is 0.000000220. The molecule has 1 saturated heterocycles. The van der Waals surface area contributed by atoms with Crippen LogP contribution in [0.4, 0.5) is 0 Å². The standard InChI is InChI=1S/C28H42S2.C28H34S2.C4H8O/c2*1-5-9-11-21(7-3)13-15-23-25-17-19-30-28(25)24(26-18-20-29-27(23)26)16-14-22(8-4)12-10-6-2;1-2-4-5-3-1/h17-22H,5-16H2,1-4H3;17-22H,5-12H2,1-4H3;1-4H2. The Morgan fingerprint density at radius 2 is 0.815 bits per heavy atom. The van der Waals surface area contributed by atoms with Crippen molar-refractivity contribution in [1.29, 1.82) is 0 Å². The number of hydrogen-bond acceptors (Lipinski definition) is 5. The molecule has 6 aromatic rings. The SMILES string of the molecule is C1CCOC1.CCCCC(C#Cc1c2ccsc2c(C#CC(CC)CCCC)c2ccsc12)CC.CCCCC(CC)CCc1c2ccsc2c(CCC(CC)CCCC)c2ccsc12. The summed E-state index contributed by atoms with van der Waals surface area (Å²) >= 11 is 7.59. The molecule has 1 nitrogen and oxygen atoms in total. The van der Waals surface area contributed by atoms with Gasteiger partial charge in [-0.25, -0.2) is 0 Å². The molecule has 1 fully saturated rings. The van der Waals surface area contributed by atoms with Crippen molar-refractivity contribution in [2.45, 2.75) is 197 Å². The van der Waals surface area contributed by atoms with E-state index >= 15 is 0 Å². The number of hydrogen-bond donors (Lipinski definition) is 0. The number of rotatable bonds is 22. The zero-order chi connectivity index (χ0) is 46.2. The predicted molar refractivity (Wildman–Crippen MR) is 298 cm³/mol. The Bertz CT molecular complexity index is 2110. The van der Waals surface area contributed by atoms with Gasteiger partial charge in [0.05, 0.1) is 20.5 Å². The molecule has 0 bridgehead atoms. The summed E-state index contributed by atoms with van der Waals surface area (Å²) in [7, 11) is 0. The van der Waals surface area contributed by atoms with Crippen LogP contribution in [-0.4, -0.2) is 13.2 Å². The zero-order valence-electron chi connectivity index (χ0n) is 41.9. The van der Waals surface area contributed by atoms with Gasteiger partial charge >= 0.3 is 0 Å². The molecule has 1 aliphatic heterocycles. The van der Waals surface area contributed by atoms with E-state index < -0.39 is 0 Å². The first-order valence-corrected chi connectivity index (χ1v) is 29.9. The van der Waals surface area contributed by atoms with Crippen LogP contribution >= 0.6 is 45.3 Å². The highest BCUT2D eigenvalue weighted by Gasteiger charge is 2.19. The number of ether oxygens (including phenoxy) is 1. The van der Waals surface area contributed by atoms with Crippen LogP contribution in [0.5, 0.6) is 0 Å². The highest BCUT2D eigenvalue weighted by atomic mass is 32.1. The van der Waals surface area contributed by atoms with Gasteiger partial charge in [0.1, 0.15) is 0 Å². The van der Waals surface area contributed by atoms with E-state index in [-0.39, 0.29) is 0 Å². The van der Waals surface area contributed by atoms with Gasteiger partial charge in [-0.05, 0) is 144 Å². The third kappa shape index (κ3) is 15.4. The maximum absolute atomic E-state index is 4.94. The lowest BCUT2D eigenvalue weighted by Crippen LogP contribution is -2.03. The summed E-state index contributed by atoms with van der Waals surface area (Å²) in [5.41, 5.74) is 5.73. The van der Waals surface area contributed by atoms with Crippen LogP contribution in [0.1, 0.15) is 206 Å². The van der Waals surface area contributed by atoms with Gasteiger partial charge in [-0.15, -0.1) is 45.3 Å². The van der Waals surface area contributed by atoms with E-state index in [9.17, 15) is 0 Å². The normalized spacial score (nSPS) is 14.3. The average Bonchev–Trinajstić information content (AvgIpc) is 4.20. The highest BCUT2D eigenvalue weighted by molar-refractivity contribution is 7.20. The van der Waals surface area contributed by atoms with Crippen molar-refractivity contribution >= 4 is 85.7 Å². The summed E-state index contributed by atoms with van der Waals surface area (Å²) in [5.74, 6) is 17.2. The van der Waals surface area contributed by atoms with Gasteiger partial charge in [0, 0.05) is 45.2 Å². The second kappa shape index (κ2) is 30.0. The topological polar surface area (TPSA) is 9.23 Å². The quantitative estimate of drug-likeness (QED) is 0.0616. The van der Waals surface area contributed by atoms with E-state index in [1.165, 1.54) is 160 Å². The number of aryl methyl sites for hydroxylation is 2. The molecule has 0 aliphatic carbocycles. The monoisotopic (exact) mass is 949 g/mol. The maximum atomic E-state index is 4.94. The third-order valence-electron chi connectivity index (χ3n) is 14.0. The molecule has 4 atom stereocenters. The molecular weight excluding hydrogens is 865 g/mol. The van der Waals surface area contributed by atoms with Crippen molar-refractivity contribution in [2.24, 2.45) is 23.7 Å². The number of fused-ring (bicyclic) bond motifs is 4. The third-order valence-corrected chi connectivity index (χ3v) is 17.8. The van der Waals surface area contributed by atoms with Crippen molar-refractivity contribution in [3.8, 4) is 23.7 Å². The molecule has 4 aromatic heterocycles. The van der Waals surface area contributed by atoms with E-state index in [1.54, 1.807) is 31.3 Å². The van der Waals surface area contributed by atoms with Crippen LogP contribution in [0.2, 0.25) is 0 Å². The summed E-state index contributed by atoms with van der Waals surface area (Å²) in [6.07, 6.45) is 28.3. The second-order valence-electron chi connectivity index (χ2n) is 18.6. The van der Waals surface area contributed by atoms with Crippen LogP contribution in [0.25, 0.3) is 40.3 Å². The molecular formula is C60H84OS4. The summed E-state index contributed by atoms with van der Waals surface area (Å²) in [6.45, 7) is 20.4. The molecule has 2 aromatic carbocycles. The summed E-state index contributed by atoms with van der Waals surface area (Å²) < 4.78 is 10.7. The fourth-order valence-electron chi connectivity index (χ4n) is 9.50. The first-order valence-electron chi connectivity index (χ1n) is 26.3. The molecule has 4 unspecified atom stereocenters. The maximum Gasteiger partial charge on any atom is 0.0518 e. The van der Waals surface area contributed by atoms with Crippen molar-refractivity contribution in [2.75, 3.05) is 13.2 Å². The molecule has 0 spiro atoms. The Hall–Kier alpha value is -2.64. The van der Waals surface area contributed by atoms with Gasteiger partial charge in [0.2, 0.25) is 0 Å². The molecule has 5 heteroatoms. The predicted octanol–water partition coefficient (Wildman–Crippen LogP) is 20.5. The van der Waals surface area contributed by atoms with Crippen molar-refractivity contribution in [3.63, 3.8) is 0 Å².